The van der Waals surface area contributed by atoms with Gasteiger partial charge >= 0.3 is 0 Å². The molecular formula is C19H26N8. The predicted molar refractivity (Wildman–Crippen MR) is 103 cm³/mol. The summed E-state index contributed by atoms with van der Waals surface area (Å²) in [5, 5.41) is 12.3. The Morgan fingerprint density at radius 2 is 2.00 bits per heavy atom. The van der Waals surface area contributed by atoms with Crippen molar-refractivity contribution in [3.05, 3.63) is 54.4 Å². The number of hydrogen-bond donors (Lipinski definition) is 1. The molecule has 0 aromatic carbocycles. The second-order valence-electron chi connectivity index (χ2n) is 7.42. The van der Waals surface area contributed by atoms with Gasteiger partial charge in [0.1, 0.15) is 0 Å². The van der Waals surface area contributed by atoms with E-state index in [0.29, 0.717) is 17.9 Å². The molecule has 0 bridgehead atoms. The van der Waals surface area contributed by atoms with E-state index in [1.54, 1.807) is 12.4 Å². The van der Waals surface area contributed by atoms with Gasteiger partial charge in [0.15, 0.2) is 0 Å². The summed E-state index contributed by atoms with van der Waals surface area (Å²) in [6.07, 6.45) is 9.53. The van der Waals surface area contributed by atoms with Gasteiger partial charge < -0.3 is 5.32 Å². The molecule has 1 aliphatic rings. The van der Waals surface area contributed by atoms with Gasteiger partial charge in [-0.1, -0.05) is 0 Å². The molecule has 1 aliphatic heterocycles. The van der Waals surface area contributed by atoms with Crippen molar-refractivity contribution < 1.29 is 0 Å². The fraction of sp³-hybridized carbons (Fsp3) is 0.474. The number of anilines is 1. The van der Waals surface area contributed by atoms with Crippen LogP contribution in [-0.2, 0) is 19.6 Å². The maximum atomic E-state index is 4.51. The van der Waals surface area contributed by atoms with Gasteiger partial charge in [0.2, 0.25) is 5.95 Å². The molecule has 1 atom stereocenters. The molecule has 0 spiro atoms. The summed E-state index contributed by atoms with van der Waals surface area (Å²) in [7, 11) is 0. The Kier molecular flexibility index (Phi) is 5.15. The fourth-order valence-corrected chi connectivity index (χ4v) is 3.50. The van der Waals surface area contributed by atoms with Gasteiger partial charge in [0.25, 0.3) is 0 Å². The molecule has 0 saturated carbocycles. The highest BCUT2D eigenvalue weighted by atomic mass is 15.3. The molecule has 0 saturated heterocycles. The van der Waals surface area contributed by atoms with Crippen molar-refractivity contribution in [3.8, 4) is 0 Å². The third kappa shape index (κ3) is 4.33. The lowest BCUT2D eigenvalue weighted by molar-refractivity contribution is 0.225. The van der Waals surface area contributed by atoms with Crippen molar-refractivity contribution >= 4 is 5.95 Å². The summed E-state index contributed by atoms with van der Waals surface area (Å²) >= 11 is 0. The topological polar surface area (TPSA) is 76.7 Å². The minimum atomic E-state index is 0.382. The minimum absolute atomic E-state index is 0.382. The quantitative estimate of drug-likeness (QED) is 0.721. The maximum absolute atomic E-state index is 4.51. The first-order valence-corrected chi connectivity index (χ1v) is 9.44. The van der Waals surface area contributed by atoms with E-state index in [2.05, 4.69) is 61.2 Å². The molecule has 0 aliphatic carbocycles. The van der Waals surface area contributed by atoms with E-state index in [9.17, 15) is 0 Å². The normalized spacial score (nSPS) is 17.7. The molecule has 8 heteroatoms. The van der Waals surface area contributed by atoms with Crippen LogP contribution in [0.4, 0.5) is 5.95 Å². The SMILES string of the molecule is CC(C)n1cc(CN2Cc3ccnn3C[C@H](CNc3ncccn3)C2)cn1. The van der Waals surface area contributed by atoms with Crippen LogP contribution in [0.25, 0.3) is 0 Å². The second kappa shape index (κ2) is 7.87. The molecule has 8 nitrogen and oxygen atoms in total. The van der Waals surface area contributed by atoms with Crippen LogP contribution in [0.2, 0.25) is 0 Å². The molecular weight excluding hydrogens is 340 g/mol. The predicted octanol–water partition coefficient (Wildman–Crippen LogP) is 2.19. The zero-order valence-corrected chi connectivity index (χ0v) is 15.9. The standard InChI is InChI=1S/C19H26N8/c1-15(2)26-12-17(9-24-26)11-25-10-16(8-22-19-20-5-3-6-21-19)13-27-18(14-25)4-7-23-27/h3-7,9,12,15-16H,8,10-11,13-14H2,1-2H3,(H,20,21,22)/t16-/m1/s1. The third-order valence-electron chi connectivity index (χ3n) is 4.84. The van der Waals surface area contributed by atoms with E-state index < -0.39 is 0 Å². The van der Waals surface area contributed by atoms with Crippen molar-refractivity contribution in [1.29, 1.82) is 0 Å². The van der Waals surface area contributed by atoms with Gasteiger partial charge in [-0.15, -0.1) is 0 Å². The van der Waals surface area contributed by atoms with Gasteiger partial charge in [-0.25, -0.2) is 9.97 Å². The lowest BCUT2D eigenvalue weighted by atomic mass is 10.1. The summed E-state index contributed by atoms with van der Waals surface area (Å²) in [4.78, 5) is 11.0. The van der Waals surface area contributed by atoms with Crippen molar-refractivity contribution in [2.24, 2.45) is 5.92 Å². The highest BCUT2D eigenvalue weighted by molar-refractivity contribution is 5.22. The summed E-state index contributed by atoms with van der Waals surface area (Å²) in [6.45, 7) is 8.76. The first-order chi connectivity index (χ1) is 13.2. The molecule has 142 valence electrons. The molecule has 27 heavy (non-hydrogen) atoms. The Hall–Kier alpha value is -2.74. The summed E-state index contributed by atoms with van der Waals surface area (Å²) in [5.74, 6) is 1.09. The van der Waals surface area contributed by atoms with E-state index in [0.717, 1.165) is 32.7 Å². The van der Waals surface area contributed by atoms with Crippen LogP contribution in [0.15, 0.2) is 43.1 Å². The smallest absolute Gasteiger partial charge is 0.222 e. The average molecular weight is 366 g/mol. The molecule has 0 amide bonds. The lowest BCUT2D eigenvalue weighted by Crippen LogP contribution is -2.31. The summed E-state index contributed by atoms with van der Waals surface area (Å²) in [6, 6.07) is 4.32. The highest BCUT2D eigenvalue weighted by Gasteiger charge is 2.23. The largest absolute Gasteiger partial charge is 0.354 e. The van der Waals surface area contributed by atoms with Crippen molar-refractivity contribution in [3.63, 3.8) is 0 Å². The van der Waals surface area contributed by atoms with Gasteiger partial charge in [-0.3, -0.25) is 14.3 Å². The van der Waals surface area contributed by atoms with Crippen LogP contribution >= 0.6 is 0 Å². The summed E-state index contributed by atoms with van der Waals surface area (Å²) in [5.41, 5.74) is 2.50. The first kappa shape index (κ1) is 17.7. The van der Waals surface area contributed by atoms with Crippen LogP contribution < -0.4 is 5.32 Å². The number of rotatable bonds is 6. The van der Waals surface area contributed by atoms with E-state index in [-0.39, 0.29) is 0 Å². The Balaban J connectivity index is 1.46. The molecule has 4 heterocycles. The summed E-state index contributed by atoms with van der Waals surface area (Å²) < 4.78 is 4.14. The molecule has 4 rings (SSSR count). The second-order valence-corrected chi connectivity index (χ2v) is 7.42. The first-order valence-electron chi connectivity index (χ1n) is 9.44. The van der Waals surface area contributed by atoms with Crippen LogP contribution in [0, 0.1) is 5.92 Å². The van der Waals surface area contributed by atoms with Gasteiger partial charge in [-0.2, -0.15) is 10.2 Å². The van der Waals surface area contributed by atoms with Crippen molar-refractivity contribution in [2.45, 2.75) is 39.5 Å². The molecule has 0 radical (unpaired) electrons. The van der Waals surface area contributed by atoms with Gasteiger partial charge in [0, 0.05) is 75.0 Å². The van der Waals surface area contributed by atoms with E-state index >= 15 is 0 Å². The zero-order valence-electron chi connectivity index (χ0n) is 15.9. The van der Waals surface area contributed by atoms with E-state index in [4.69, 9.17) is 0 Å². The highest BCUT2D eigenvalue weighted by Crippen LogP contribution is 2.19. The fourth-order valence-electron chi connectivity index (χ4n) is 3.50. The molecule has 0 fully saturated rings. The van der Waals surface area contributed by atoms with Gasteiger partial charge in [0.05, 0.1) is 11.9 Å². The maximum Gasteiger partial charge on any atom is 0.222 e. The van der Waals surface area contributed by atoms with E-state index in [1.165, 1.54) is 11.3 Å². The Morgan fingerprint density at radius 1 is 1.15 bits per heavy atom. The lowest BCUT2D eigenvalue weighted by Gasteiger charge is -2.23. The van der Waals surface area contributed by atoms with Crippen molar-refractivity contribution in [1.82, 2.24) is 34.4 Å². The van der Waals surface area contributed by atoms with Crippen LogP contribution in [0.1, 0.15) is 31.1 Å². The van der Waals surface area contributed by atoms with Crippen molar-refractivity contribution in [2.75, 3.05) is 18.4 Å². The van der Waals surface area contributed by atoms with Crippen LogP contribution in [0.5, 0.6) is 0 Å². The Labute approximate surface area is 159 Å². The molecule has 0 unspecified atom stereocenters. The van der Waals surface area contributed by atoms with Gasteiger partial charge in [-0.05, 0) is 26.0 Å². The Morgan fingerprint density at radius 3 is 2.78 bits per heavy atom. The number of nitrogens with one attached hydrogen (secondary N) is 1. The molecule has 3 aromatic heterocycles. The average Bonchev–Trinajstić information content (AvgIpc) is 3.27. The Bertz CT molecular complexity index is 853. The monoisotopic (exact) mass is 366 g/mol. The van der Waals surface area contributed by atoms with Crippen LogP contribution in [0.3, 0.4) is 0 Å². The number of fused-ring (bicyclic) bond motifs is 1. The number of nitrogens with zero attached hydrogens (tertiary/aromatic N) is 7. The molecule has 3 aromatic rings. The van der Waals surface area contributed by atoms with E-state index in [1.807, 2.05) is 23.1 Å². The minimum Gasteiger partial charge on any atom is -0.354 e. The number of hydrogen-bond acceptors (Lipinski definition) is 6. The third-order valence-corrected chi connectivity index (χ3v) is 4.84. The number of aromatic nitrogens is 6. The van der Waals surface area contributed by atoms with Crippen LogP contribution in [-0.4, -0.2) is 47.5 Å². The molecule has 1 N–H and O–H groups in total. The zero-order chi connectivity index (χ0) is 18.6.